The van der Waals surface area contributed by atoms with E-state index < -0.39 is 32.4 Å². The molecule has 27 heavy (non-hydrogen) atoms. The first-order valence-corrected chi connectivity index (χ1v) is 9.64. The molecule has 0 bridgehead atoms. The number of halogens is 3. The van der Waals surface area contributed by atoms with Gasteiger partial charge in [0.25, 0.3) is 5.91 Å². The lowest BCUT2D eigenvalue weighted by molar-refractivity contribution is 0.0951. The number of nitrogens with zero attached hydrogens (tertiary/aromatic N) is 1. The molecule has 2 aromatic carbocycles. The lowest BCUT2D eigenvalue weighted by Crippen LogP contribution is -2.28. The minimum atomic E-state index is -4.37. The van der Waals surface area contributed by atoms with Gasteiger partial charge >= 0.3 is 0 Å². The normalized spacial score (nSPS) is 14.4. The summed E-state index contributed by atoms with van der Waals surface area (Å²) in [7, 11) is -3.17. The maximum absolute atomic E-state index is 13.8. The molecule has 0 unspecified atom stereocenters. The van der Waals surface area contributed by atoms with Crippen molar-refractivity contribution in [3.63, 3.8) is 0 Å². The van der Waals surface area contributed by atoms with Gasteiger partial charge in [-0.15, -0.1) is 0 Å². The third-order valence-electron chi connectivity index (χ3n) is 4.22. The van der Waals surface area contributed by atoms with E-state index in [2.05, 4.69) is 5.32 Å². The predicted octanol–water partition coefficient (Wildman–Crippen LogP) is 2.82. The van der Waals surface area contributed by atoms with Crippen LogP contribution in [0.25, 0.3) is 0 Å². The van der Waals surface area contributed by atoms with Crippen LogP contribution in [0, 0.1) is 17.5 Å². The van der Waals surface area contributed by atoms with Gasteiger partial charge in [0.05, 0.1) is 0 Å². The van der Waals surface area contributed by atoms with Gasteiger partial charge in [0.15, 0.2) is 17.5 Å². The van der Waals surface area contributed by atoms with Crippen molar-refractivity contribution in [3.8, 4) is 0 Å². The van der Waals surface area contributed by atoms with Gasteiger partial charge in [-0.2, -0.15) is 4.31 Å². The van der Waals surface area contributed by atoms with Gasteiger partial charge in [0.2, 0.25) is 10.0 Å². The van der Waals surface area contributed by atoms with E-state index in [1.165, 1.54) is 7.05 Å². The average Bonchev–Trinajstić information content (AvgIpc) is 3.44. The summed E-state index contributed by atoms with van der Waals surface area (Å²) >= 11 is 0. The third kappa shape index (κ3) is 4.14. The molecule has 144 valence electrons. The third-order valence-corrected chi connectivity index (χ3v) is 6.04. The Hall–Kier alpha value is -2.39. The molecule has 1 aliphatic rings. The molecule has 9 heteroatoms. The van der Waals surface area contributed by atoms with Crippen LogP contribution in [0.15, 0.2) is 41.3 Å². The van der Waals surface area contributed by atoms with E-state index in [0.717, 1.165) is 17.1 Å². The van der Waals surface area contributed by atoms with Gasteiger partial charge in [-0.25, -0.2) is 21.6 Å². The molecule has 1 amide bonds. The SMILES string of the molecule is CN(Cc1ccc(C(=O)NC2CC2)cc1)S(=O)(=O)c1ccc(F)c(F)c1F. The van der Waals surface area contributed by atoms with E-state index in [1.54, 1.807) is 24.3 Å². The summed E-state index contributed by atoms with van der Waals surface area (Å²) in [6.45, 7) is -0.134. The number of amides is 1. The second-order valence-electron chi connectivity index (χ2n) is 6.38. The Balaban J connectivity index is 1.75. The molecule has 3 rings (SSSR count). The van der Waals surface area contributed by atoms with Gasteiger partial charge in [0.1, 0.15) is 4.90 Å². The number of hydrogen-bond acceptors (Lipinski definition) is 3. The van der Waals surface area contributed by atoms with Crippen molar-refractivity contribution in [2.24, 2.45) is 0 Å². The maximum atomic E-state index is 13.8. The summed E-state index contributed by atoms with van der Waals surface area (Å²) < 4.78 is 66.0. The van der Waals surface area contributed by atoms with Crippen molar-refractivity contribution < 1.29 is 26.4 Å². The Morgan fingerprint density at radius 3 is 2.30 bits per heavy atom. The summed E-state index contributed by atoms with van der Waals surface area (Å²) in [6.07, 6.45) is 1.93. The van der Waals surface area contributed by atoms with Crippen LogP contribution in [0.5, 0.6) is 0 Å². The number of hydrogen-bond donors (Lipinski definition) is 1. The van der Waals surface area contributed by atoms with Crippen molar-refractivity contribution in [3.05, 3.63) is 65.0 Å². The summed E-state index contributed by atoms with van der Waals surface area (Å²) in [6, 6.07) is 7.75. The molecule has 0 aliphatic heterocycles. The fourth-order valence-electron chi connectivity index (χ4n) is 2.48. The highest BCUT2D eigenvalue weighted by atomic mass is 32.2. The van der Waals surface area contributed by atoms with Crippen LogP contribution in [0.4, 0.5) is 13.2 Å². The fourth-order valence-corrected chi connectivity index (χ4v) is 3.69. The van der Waals surface area contributed by atoms with Crippen LogP contribution < -0.4 is 5.32 Å². The molecular weight excluding hydrogens is 381 g/mol. The molecule has 1 N–H and O–H groups in total. The molecule has 0 saturated heterocycles. The zero-order valence-electron chi connectivity index (χ0n) is 14.4. The molecule has 0 spiro atoms. The van der Waals surface area contributed by atoms with Crippen LogP contribution in [0.1, 0.15) is 28.8 Å². The molecule has 1 fully saturated rings. The Morgan fingerprint density at radius 1 is 1.07 bits per heavy atom. The van der Waals surface area contributed by atoms with E-state index in [4.69, 9.17) is 0 Å². The number of benzene rings is 2. The van der Waals surface area contributed by atoms with Crippen LogP contribution in [0.2, 0.25) is 0 Å². The van der Waals surface area contributed by atoms with Crippen LogP contribution in [-0.4, -0.2) is 31.7 Å². The zero-order chi connectivity index (χ0) is 19.8. The quantitative estimate of drug-likeness (QED) is 0.761. The van der Waals surface area contributed by atoms with Crippen molar-refractivity contribution in [2.75, 3.05) is 7.05 Å². The minimum absolute atomic E-state index is 0.134. The van der Waals surface area contributed by atoms with E-state index >= 15 is 0 Å². The number of carbonyl (C=O) groups is 1. The maximum Gasteiger partial charge on any atom is 0.251 e. The fraction of sp³-hybridized carbons (Fsp3) is 0.278. The largest absolute Gasteiger partial charge is 0.349 e. The highest BCUT2D eigenvalue weighted by Crippen LogP contribution is 2.24. The van der Waals surface area contributed by atoms with Gasteiger partial charge in [-0.3, -0.25) is 4.79 Å². The van der Waals surface area contributed by atoms with E-state index in [9.17, 15) is 26.4 Å². The Bertz CT molecular complexity index is 974. The molecule has 0 radical (unpaired) electrons. The average molecular weight is 398 g/mol. The van der Waals surface area contributed by atoms with Crippen molar-refractivity contribution >= 4 is 15.9 Å². The smallest absolute Gasteiger partial charge is 0.251 e. The summed E-state index contributed by atoms with van der Waals surface area (Å²) in [5.41, 5.74) is 0.995. The Kier molecular flexibility index (Phi) is 5.25. The van der Waals surface area contributed by atoms with Crippen LogP contribution >= 0.6 is 0 Å². The summed E-state index contributed by atoms with van der Waals surface area (Å²) in [5.74, 6) is -5.26. The predicted molar refractivity (Wildman–Crippen MR) is 91.9 cm³/mol. The number of sulfonamides is 1. The van der Waals surface area contributed by atoms with Crippen LogP contribution in [-0.2, 0) is 16.6 Å². The molecule has 0 heterocycles. The van der Waals surface area contributed by atoms with Crippen molar-refractivity contribution in [1.82, 2.24) is 9.62 Å². The standard InChI is InChI=1S/C18H17F3N2O3S/c1-23(27(25,26)15-9-8-14(19)16(20)17(15)21)10-11-2-4-12(5-3-11)18(24)22-13-6-7-13/h2-5,8-9,13H,6-7,10H2,1H3,(H,22,24). The topological polar surface area (TPSA) is 66.5 Å². The summed E-state index contributed by atoms with van der Waals surface area (Å²) in [5, 5.41) is 2.84. The summed E-state index contributed by atoms with van der Waals surface area (Å²) in [4.78, 5) is 11.0. The lowest BCUT2D eigenvalue weighted by Gasteiger charge is -2.18. The number of carbonyl (C=O) groups excluding carboxylic acids is 1. The molecule has 5 nitrogen and oxygen atoms in total. The van der Waals surface area contributed by atoms with E-state index in [0.29, 0.717) is 23.3 Å². The number of rotatable bonds is 6. The number of nitrogens with one attached hydrogen (secondary N) is 1. The van der Waals surface area contributed by atoms with Gasteiger partial charge in [-0.1, -0.05) is 12.1 Å². The molecular formula is C18H17F3N2O3S. The molecule has 2 aromatic rings. The molecule has 0 aromatic heterocycles. The van der Waals surface area contributed by atoms with Gasteiger partial charge < -0.3 is 5.32 Å². The van der Waals surface area contributed by atoms with E-state index in [1.807, 2.05) is 0 Å². The van der Waals surface area contributed by atoms with Gasteiger partial charge in [0, 0.05) is 25.2 Å². The monoisotopic (exact) mass is 398 g/mol. The first-order valence-electron chi connectivity index (χ1n) is 8.20. The Morgan fingerprint density at radius 2 is 1.70 bits per heavy atom. The van der Waals surface area contributed by atoms with Gasteiger partial charge in [-0.05, 0) is 42.7 Å². The highest BCUT2D eigenvalue weighted by molar-refractivity contribution is 7.89. The second kappa shape index (κ2) is 7.32. The second-order valence-corrected chi connectivity index (χ2v) is 8.39. The van der Waals surface area contributed by atoms with Crippen LogP contribution in [0.3, 0.4) is 0 Å². The van der Waals surface area contributed by atoms with Crippen molar-refractivity contribution in [1.29, 1.82) is 0 Å². The molecule has 1 aliphatic carbocycles. The first kappa shape index (κ1) is 19.4. The minimum Gasteiger partial charge on any atom is -0.349 e. The molecule has 1 saturated carbocycles. The van der Waals surface area contributed by atoms with E-state index in [-0.39, 0.29) is 18.5 Å². The lowest BCUT2D eigenvalue weighted by atomic mass is 10.1. The van der Waals surface area contributed by atoms with Crippen molar-refractivity contribution in [2.45, 2.75) is 30.3 Å². The highest BCUT2D eigenvalue weighted by Gasteiger charge is 2.28. The molecule has 0 atom stereocenters. The Labute approximate surface area is 154 Å². The zero-order valence-corrected chi connectivity index (χ0v) is 15.2. The first-order chi connectivity index (χ1) is 12.7.